The van der Waals surface area contributed by atoms with E-state index in [1.54, 1.807) is 0 Å². The van der Waals surface area contributed by atoms with E-state index in [4.69, 9.17) is 0 Å². The van der Waals surface area contributed by atoms with Crippen LogP contribution >= 0.6 is 0 Å². The predicted molar refractivity (Wildman–Crippen MR) is 69.3 cm³/mol. The van der Waals surface area contributed by atoms with Gasteiger partial charge >= 0.3 is 0 Å². The number of rotatable bonds is 0. The fourth-order valence-corrected chi connectivity index (χ4v) is 3.29. The molecule has 17 heavy (non-hydrogen) atoms. The first-order valence-electron chi connectivity index (χ1n) is 6.81. The first-order valence-corrected chi connectivity index (χ1v) is 6.81. The average molecular weight is 246 g/mol. The molecule has 1 rings (SSSR count). The second kappa shape index (κ2) is 4.51. The highest BCUT2D eigenvalue weighted by Crippen LogP contribution is 2.51. The lowest BCUT2D eigenvalue weighted by Crippen LogP contribution is -2.37. The maximum Gasteiger partial charge on any atom is 0.248 e. The summed E-state index contributed by atoms with van der Waals surface area (Å²) in [4.78, 5) is 0. The van der Waals surface area contributed by atoms with Gasteiger partial charge in [-0.2, -0.15) is 0 Å². The van der Waals surface area contributed by atoms with Crippen LogP contribution in [0.4, 0.5) is 8.78 Å². The smallest absolute Gasteiger partial charge is 0.207 e. The van der Waals surface area contributed by atoms with Crippen molar-refractivity contribution in [3.05, 3.63) is 0 Å². The molecule has 0 spiro atoms. The van der Waals surface area contributed by atoms with E-state index < -0.39 is 5.92 Å². The molecule has 0 N–H and O–H groups in total. The largest absolute Gasteiger partial charge is 0.248 e. The molecule has 2 atom stereocenters. The quantitative estimate of drug-likeness (QED) is 0.494. The first-order chi connectivity index (χ1) is 7.43. The van der Waals surface area contributed by atoms with Crippen LogP contribution in [-0.2, 0) is 0 Å². The molecule has 0 radical (unpaired) electrons. The number of halogens is 2. The molecule has 2 heteroatoms. The molecule has 0 nitrogen and oxygen atoms in total. The fourth-order valence-electron chi connectivity index (χ4n) is 3.29. The van der Waals surface area contributed by atoms with Crippen molar-refractivity contribution in [1.82, 2.24) is 0 Å². The molecule has 0 heterocycles. The molecule has 0 aromatic rings. The zero-order chi connectivity index (χ0) is 13.5. The van der Waals surface area contributed by atoms with E-state index in [-0.39, 0.29) is 29.6 Å². The third kappa shape index (κ3) is 3.93. The standard InChI is InChI=1S/C15H28F2/c1-13(2,3)11-8-7-9-15(16,17)10-12(11)14(4,5)6/h11-12H,7-10H2,1-6H3. The second-order valence-electron chi connectivity index (χ2n) is 7.90. The molecule has 2 unspecified atom stereocenters. The van der Waals surface area contributed by atoms with E-state index in [0.29, 0.717) is 12.3 Å². The molecule has 1 saturated carbocycles. The van der Waals surface area contributed by atoms with Crippen LogP contribution in [0.2, 0.25) is 0 Å². The average Bonchev–Trinajstić information content (AvgIpc) is 2.20. The van der Waals surface area contributed by atoms with Gasteiger partial charge in [-0.1, -0.05) is 41.5 Å². The summed E-state index contributed by atoms with van der Waals surface area (Å²) in [5.74, 6) is -1.95. The lowest BCUT2D eigenvalue weighted by Gasteiger charge is -2.43. The van der Waals surface area contributed by atoms with Gasteiger partial charge in [0.1, 0.15) is 0 Å². The molecule has 1 aliphatic carbocycles. The summed E-state index contributed by atoms with van der Waals surface area (Å²) < 4.78 is 27.6. The van der Waals surface area contributed by atoms with Gasteiger partial charge in [0.05, 0.1) is 0 Å². The molecule has 102 valence electrons. The SMILES string of the molecule is CC(C)(C)C1CCCC(F)(F)CC1C(C)(C)C. The lowest BCUT2D eigenvalue weighted by molar-refractivity contribution is -0.0536. The zero-order valence-electron chi connectivity index (χ0n) is 12.2. The molecule has 0 amide bonds. The van der Waals surface area contributed by atoms with Gasteiger partial charge in [-0.3, -0.25) is 0 Å². The van der Waals surface area contributed by atoms with E-state index in [9.17, 15) is 8.78 Å². The number of hydrogen-bond donors (Lipinski definition) is 0. The highest BCUT2D eigenvalue weighted by Gasteiger charge is 2.46. The molecular weight excluding hydrogens is 218 g/mol. The molecule has 0 aromatic carbocycles. The maximum absolute atomic E-state index is 13.8. The summed E-state index contributed by atoms with van der Waals surface area (Å²) >= 11 is 0. The first kappa shape index (κ1) is 14.9. The van der Waals surface area contributed by atoms with Gasteiger partial charge in [0.2, 0.25) is 5.92 Å². The van der Waals surface area contributed by atoms with E-state index in [1.165, 1.54) is 0 Å². The van der Waals surface area contributed by atoms with Gasteiger partial charge in [0.25, 0.3) is 0 Å². The Morgan fingerprint density at radius 1 is 0.882 bits per heavy atom. The Labute approximate surface area is 105 Å². The second-order valence-corrected chi connectivity index (χ2v) is 7.90. The van der Waals surface area contributed by atoms with Crippen LogP contribution in [0.25, 0.3) is 0 Å². The predicted octanol–water partition coefficient (Wildman–Crippen LogP) is 5.52. The summed E-state index contributed by atoms with van der Waals surface area (Å²) in [7, 11) is 0. The van der Waals surface area contributed by atoms with E-state index in [1.807, 2.05) is 0 Å². The Kier molecular flexibility index (Phi) is 3.96. The lowest BCUT2D eigenvalue weighted by atomic mass is 9.62. The Morgan fingerprint density at radius 3 is 1.76 bits per heavy atom. The fraction of sp³-hybridized carbons (Fsp3) is 1.00. The Balaban J connectivity index is 3.03. The summed E-state index contributed by atoms with van der Waals surface area (Å²) in [5.41, 5.74) is 0.0874. The molecular formula is C15H28F2. The summed E-state index contributed by atoms with van der Waals surface area (Å²) in [5, 5.41) is 0. The van der Waals surface area contributed by atoms with Crippen LogP contribution in [0.5, 0.6) is 0 Å². The normalized spacial score (nSPS) is 31.1. The van der Waals surface area contributed by atoms with Crippen molar-refractivity contribution in [1.29, 1.82) is 0 Å². The van der Waals surface area contributed by atoms with Crippen molar-refractivity contribution in [2.24, 2.45) is 22.7 Å². The summed E-state index contributed by atoms with van der Waals surface area (Å²) in [6.07, 6.45) is 1.76. The minimum atomic E-state index is -2.46. The van der Waals surface area contributed by atoms with E-state index in [2.05, 4.69) is 41.5 Å². The molecule has 0 bridgehead atoms. The summed E-state index contributed by atoms with van der Waals surface area (Å²) in [6, 6.07) is 0. The van der Waals surface area contributed by atoms with Gasteiger partial charge in [-0.25, -0.2) is 8.78 Å². The minimum absolute atomic E-state index is 0.0360. The minimum Gasteiger partial charge on any atom is -0.207 e. The van der Waals surface area contributed by atoms with Crippen LogP contribution in [0.15, 0.2) is 0 Å². The van der Waals surface area contributed by atoms with Gasteiger partial charge < -0.3 is 0 Å². The van der Waals surface area contributed by atoms with Crippen molar-refractivity contribution in [2.45, 2.75) is 73.1 Å². The molecule has 0 aliphatic heterocycles. The third-order valence-electron chi connectivity index (χ3n) is 4.29. The van der Waals surface area contributed by atoms with Crippen molar-refractivity contribution in [3.63, 3.8) is 0 Å². The molecule has 1 aliphatic rings. The van der Waals surface area contributed by atoms with Crippen LogP contribution in [-0.4, -0.2) is 5.92 Å². The van der Waals surface area contributed by atoms with Gasteiger partial charge in [0.15, 0.2) is 0 Å². The highest BCUT2D eigenvalue weighted by atomic mass is 19.3. The topological polar surface area (TPSA) is 0 Å². The maximum atomic E-state index is 13.8. The summed E-state index contributed by atoms with van der Waals surface area (Å²) in [6.45, 7) is 12.9. The van der Waals surface area contributed by atoms with Crippen LogP contribution in [0, 0.1) is 22.7 Å². The van der Waals surface area contributed by atoms with E-state index >= 15 is 0 Å². The van der Waals surface area contributed by atoms with Gasteiger partial charge in [-0.15, -0.1) is 0 Å². The monoisotopic (exact) mass is 246 g/mol. The Morgan fingerprint density at radius 2 is 1.35 bits per heavy atom. The van der Waals surface area contributed by atoms with Crippen LogP contribution in [0.1, 0.15) is 67.2 Å². The van der Waals surface area contributed by atoms with Gasteiger partial charge in [0, 0.05) is 12.8 Å². The van der Waals surface area contributed by atoms with Gasteiger partial charge in [-0.05, 0) is 35.5 Å². The molecule has 0 saturated heterocycles. The van der Waals surface area contributed by atoms with E-state index in [0.717, 1.165) is 6.42 Å². The number of alkyl halides is 2. The Bertz CT molecular complexity index is 255. The van der Waals surface area contributed by atoms with Crippen LogP contribution in [0.3, 0.4) is 0 Å². The third-order valence-corrected chi connectivity index (χ3v) is 4.29. The highest BCUT2D eigenvalue weighted by molar-refractivity contribution is 4.92. The Hall–Kier alpha value is -0.140. The van der Waals surface area contributed by atoms with Crippen molar-refractivity contribution >= 4 is 0 Å². The van der Waals surface area contributed by atoms with Crippen molar-refractivity contribution in [2.75, 3.05) is 0 Å². The van der Waals surface area contributed by atoms with Crippen molar-refractivity contribution in [3.8, 4) is 0 Å². The molecule has 0 aromatic heterocycles. The van der Waals surface area contributed by atoms with Crippen molar-refractivity contribution < 1.29 is 8.78 Å². The zero-order valence-corrected chi connectivity index (χ0v) is 12.2. The molecule has 1 fully saturated rings. The number of hydrogen-bond acceptors (Lipinski definition) is 0. The van der Waals surface area contributed by atoms with Crippen LogP contribution < -0.4 is 0 Å².